The maximum atomic E-state index is 13.2. The van der Waals surface area contributed by atoms with Crippen molar-refractivity contribution in [3.63, 3.8) is 0 Å². The van der Waals surface area contributed by atoms with Gasteiger partial charge in [-0.25, -0.2) is 8.42 Å². The molecule has 1 aromatic rings. The second-order valence-corrected chi connectivity index (χ2v) is 7.91. The number of nitrogens with one attached hydrogen (secondary N) is 1. The van der Waals surface area contributed by atoms with Gasteiger partial charge in [-0.2, -0.15) is 0 Å². The van der Waals surface area contributed by atoms with Crippen LogP contribution in [-0.2, 0) is 14.8 Å². The van der Waals surface area contributed by atoms with Crippen LogP contribution in [0.25, 0.3) is 5.57 Å². The van der Waals surface area contributed by atoms with Gasteiger partial charge < -0.3 is 14.8 Å². The monoisotopic (exact) mass is 394 g/mol. The third-order valence-electron chi connectivity index (χ3n) is 4.38. The Hall–Kier alpha value is -2.48. The number of fused-ring (bicyclic) bond motifs is 1. The first kappa shape index (κ1) is 20.8. The number of nitrogens with zero attached hydrogens (tertiary/aromatic N) is 1. The first-order chi connectivity index (χ1) is 12.8. The van der Waals surface area contributed by atoms with Crippen LogP contribution in [0.5, 0.6) is 11.5 Å². The lowest BCUT2D eigenvalue weighted by Crippen LogP contribution is -2.41. The van der Waals surface area contributed by atoms with E-state index in [2.05, 4.69) is 11.9 Å². The second kappa shape index (κ2) is 8.47. The number of amides is 1. The Morgan fingerprint density at radius 2 is 1.89 bits per heavy atom. The Bertz CT molecular complexity index is 874. The van der Waals surface area contributed by atoms with Gasteiger partial charge in [0.1, 0.15) is 0 Å². The summed E-state index contributed by atoms with van der Waals surface area (Å²) in [5, 5.41) is 2.70. The van der Waals surface area contributed by atoms with Crippen LogP contribution in [-0.4, -0.2) is 41.6 Å². The van der Waals surface area contributed by atoms with Crippen molar-refractivity contribution >= 4 is 27.2 Å². The summed E-state index contributed by atoms with van der Waals surface area (Å²) < 4.78 is 38.2. The number of hydrogen-bond acceptors (Lipinski definition) is 5. The molecule has 0 radical (unpaired) electrons. The highest BCUT2D eigenvalue weighted by Crippen LogP contribution is 2.44. The van der Waals surface area contributed by atoms with Crippen LogP contribution >= 0.6 is 0 Å². The Kier molecular flexibility index (Phi) is 6.54. The molecule has 0 aliphatic carbocycles. The van der Waals surface area contributed by atoms with E-state index >= 15 is 0 Å². The fourth-order valence-corrected chi connectivity index (χ4v) is 4.73. The number of allylic oxidation sites excluding steroid dienone is 1. The van der Waals surface area contributed by atoms with E-state index in [0.717, 1.165) is 12.8 Å². The summed E-state index contributed by atoms with van der Waals surface area (Å²) in [5.74, 6) is 0.263. The molecule has 0 bridgehead atoms. The first-order valence-electron chi connectivity index (χ1n) is 8.72. The minimum absolute atomic E-state index is 0.0316. The zero-order valence-electron chi connectivity index (χ0n) is 16.2. The van der Waals surface area contributed by atoms with Crippen molar-refractivity contribution in [3.8, 4) is 11.5 Å². The number of ether oxygens (including phenoxy) is 2. The van der Waals surface area contributed by atoms with Gasteiger partial charge in [-0.3, -0.25) is 9.10 Å². The number of methoxy groups -OCH3 is 2. The SMILES string of the molecule is C=CCN1c2cc(OC)c(OC)cc2C(C)=C(C(=O)NCCCC)S1(=O)=O. The van der Waals surface area contributed by atoms with Crippen LogP contribution in [0.1, 0.15) is 32.3 Å². The maximum Gasteiger partial charge on any atom is 0.270 e. The van der Waals surface area contributed by atoms with Gasteiger partial charge in [0.05, 0.1) is 26.5 Å². The summed E-state index contributed by atoms with van der Waals surface area (Å²) >= 11 is 0. The highest BCUT2D eigenvalue weighted by atomic mass is 32.2. The van der Waals surface area contributed by atoms with E-state index in [1.165, 1.54) is 24.6 Å². The number of unbranched alkanes of at least 4 members (excludes halogenated alkanes) is 1. The van der Waals surface area contributed by atoms with Gasteiger partial charge in [0.2, 0.25) is 0 Å². The molecular formula is C19H26N2O5S. The minimum Gasteiger partial charge on any atom is -0.493 e. The molecule has 2 rings (SSSR count). The Morgan fingerprint density at radius 1 is 1.26 bits per heavy atom. The van der Waals surface area contributed by atoms with E-state index in [4.69, 9.17) is 9.47 Å². The third kappa shape index (κ3) is 3.80. The van der Waals surface area contributed by atoms with E-state index in [-0.39, 0.29) is 11.4 Å². The summed E-state index contributed by atoms with van der Waals surface area (Å²) in [6, 6.07) is 3.29. The van der Waals surface area contributed by atoms with Crippen LogP contribution in [0.3, 0.4) is 0 Å². The lowest BCUT2D eigenvalue weighted by Gasteiger charge is -2.32. The average Bonchev–Trinajstić information content (AvgIpc) is 2.64. The molecule has 27 heavy (non-hydrogen) atoms. The van der Waals surface area contributed by atoms with E-state index in [0.29, 0.717) is 34.9 Å². The molecular weight excluding hydrogens is 368 g/mol. The molecule has 1 N–H and O–H groups in total. The highest BCUT2D eigenvalue weighted by Gasteiger charge is 2.39. The van der Waals surface area contributed by atoms with Crippen molar-refractivity contribution < 1.29 is 22.7 Å². The van der Waals surface area contributed by atoms with Crippen LogP contribution in [0.2, 0.25) is 0 Å². The number of anilines is 1. The quantitative estimate of drug-likeness (QED) is 0.541. The molecule has 0 atom stereocenters. The summed E-state index contributed by atoms with van der Waals surface area (Å²) in [6.45, 7) is 7.71. The number of rotatable bonds is 8. The topological polar surface area (TPSA) is 84.9 Å². The van der Waals surface area contributed by atoms with E-state index in [9.17, 15) is 13.2 Å². The number of carbonyl (C=O) groups excluding carboxylic acids is 1. The molecule has 1 heterocycles. The maximum absolute atomic E-state index is 13.2. The van der Waals surface area contributed by atoms with Crippen LogP contribution in [0, 0.1) is 0 Å². The molecule has 0 fully saturated rings. The standard InChI is InChI=1S/C19H26N2O5S/c1-6-8-9-20-19(22)18-13(3)14-11-16(25-4)17(26-5)12-15(14)21(10-7-2)27(18,23)24/h7,11-12H,2,6,8-10H2,1,3-5H3,(H,20,22). The molecule has 7 nitrogen and oxygen atoms in total. The predicted molar refractivity (Wildman–Crippen MR) is 107 cm³/mol. The van der Waals surface area contributed by atoms with E-state index in [1.807, 2.05) is 6.92 Å². The van der Waals surface area contributed by atoms with Crippen molar-refractivity contribution in [3.05, 3.63) is 35.3 Å². The normalized spacial score (nSPS) is 15.2. The second-order valence-electron chi connectivity index (χ2n) is 6.11. The molecule has 148 valence electrons. The Balaban J connectivity index is 2.70. The van der Waals surface area contributed by atoms with Crippen molar-refractivity contribution in [2.45, 2.75) is 26.7 Å². The zero-order chi connectivity index (χ0) is 20.2. The molecule has 0 spiro atoms. The van der Waals surface area contributed by atoms with Gasteiger partial charge in [-0.1, -0.05) is 19.4 Å². The van der Waals surface area contributed by atoms with Crippen molar-refractivity contribution in [1.82, 2.24) is 5.32 Å². The molecule has 1 aliphatic heterocycles. The molecule has 0 saturated heterocycles. The Labute approximate surface area is 160 Å². The van der Waals surface area contributed by atoms with E-state index < -0.39 is 15.9 Å². The molecule has 0 aromatic heterocycles. The summed E-state index contributed by atoms with van der Waals surface area (Å²) in [6.07, 6.45) is 3.15. The molecule has 8 heteroatoms. The fraction of sp³-hybridized carbons (Fsp3) is 0.421. The Morgan fingerprint density at radius 3 is 2.44 bits per heavy atom. The molecule has 0 unspecified atom stereocenters. The summed E-state index contributed by atoms with van der Waals surface area (Å²) in [5.41, 5.74) is 1.40. The highest BCUT2D eigenvalue weighted by molar-refractivity contribution is 7.97. The smallest absolute Gasteiger partial charge is 0.270 e. The van der Waals surface area contributed by atoms with Gasteiger partial charge in [0.25, 0.3) is 15.9 Å². The van der Waals surface area contributed by atoms with Crippen LogP contribution in [0.15, 0.2) is 29.7 Å². The van der Waals surface area contributed by atoms with Gasteiger partial charge in [0, 0.05) is 18.2 Å². The number of sulfonamides is 1. The van der Waals surface area contributed by atoms with Gasteiger partial charge in [-0.15, -0.1) is 6.58 Å². The molecule has 1 aromatic carbocycles. The molecule has 1 aliphatic rings. The van der Waals surface area contributed by atoms with Crippen molar-refractivity contribution in [1.29, 1.82) is 0 Å². The number of carbonyl (C=O) groups is 1. The first-order valence-corrected chi connectivity index (χ1v) is 10.2. The summed E-state index contributed by atoms with van der Waals surface area (Å²) in [4.78, 5) is 12.4. The third-order valence-corrected chi connectivity index (χ3v) is 6.31. The van der Waals surface area contributed by atoms with Crippen LogP contribution < -0.4 is 19.1 Å². The minimum atomic E-state index is -4.04. The summed E-state index contributed by atoms with van der Waals surface area (Å²) in [7, 11) is -1.05. The molecule has 0 saturated carbocycles. The predicted octanol–water partition coefficient (Wildman–Crippen LogP) is 2.69. The lowest BCUT2D eigenvalue weighted by atomic mass is 10.0. The van der Waals surface area contributed by atoms with Crippen LogP contribution in [0.4, 0.5) is 5.69 Å². The lowest BCUT2D eigenvalue weighted by molar-refractivity contribution is -0.116. The molecule has 1 amide bonds. The largest absolute Gasteiger partial charge is 0.493 e. The van der Waals surface area contributed by atoms with Gasteiger partial charge in [-0.05, 0) is 25.0 Å². The van der Waals surface area contributed by atoms with E-state index in [1.54, 1.807) is 19.1 Å². The zero-order valence-corrected chi connectivity index (χ0v) is 17.0. The van der Waals surface area contributed by atoms with Crippen molar-refractivity contribution in [2.24, 2.45) is 0 Å². The van der Waals surface area contributed by atoms with Gasteiger partial charge >= 0.3 is 0 Å². The average molecular weight is 394 g/mol. The number of benzene rings is 1. The number of hydrogen-bond donors (Lipinski definition) is 1. The van der Waals surface area contributed by atoms with Crippen molar-refractivity contribution in [2.75, 3.05) is 31.6 Å². The van der Waals surface area contributed by atoms with Gasteiger partial charge in [0.15, 0.2) is 16.4 Å². The fourth-order valence-electron chi connectivity index (χ4n) is 2.99.